The van der Waals surface area contributed by atoms with Gasteiger partial charge in [0, 0.05) is 36.8 Å². The van der Waals surface area contributed by atoms with Crippen molar-refractivity contribution >= 4 is 44.4 Å². The first-order valence-corrected chi connectivity index (χ1v) is 12.1. The van der Waals surface area contributed by atoms with Gasteiger partial charge in [0.1, 0.15) is 15.9 Å². The van der Waals surface area contributed by atoms with Crippen molar-refractivity contribution in [2.75, 3.05) is 26.2 Å². The van der Waals surface area contributed by atoms with Gasteiger partial charge in [-0.1, -0.05) is 35.0 Å². The molecule has 0 atom stereocenters. The summed E-state index contributed by atoms with van der Waals surface area (Å²) in [6.45, 7) is 2.29. The molecule has 12 heteroatoms. The van der Waals surface area contributed by atoms with Crippen LogP contribution in [-0.2, 0) is 16.6 Å². The molecule has 1 fully saturated rings. The van der Waals surface area contributed by atoms with Gasteiger partial charge in [-0.3, -0.25) is 4.90 Å². The number of aromatic nitrogens is 4. The largest absolute Gasteiger partial charge is 0.338 e. The third-order valence-corrected chi connectivity index (χ3v) is 7.82. The number of halogens is 1. The molecule has 9 nitrogen and oxygen atoms in total. The van der Waals surface area contributed by atoms with E-state index in [-0.39, 0.29) is 4.90 Å². The van der Waals surface area contributed by atoms with E-state index in [1.165, 1.54) is 4.31 Å². The van der Waals surface area contributed by atoms with Gasteiger partial charge in [-0.2, -0.15) is 18.0 Å². The molecule has 2 aromatic heterocycles. The van der Waals surface area contributed by atoms with Gasteiger partial charge >= 0.3 is 0 Å². The zero-order valence-corrected chi connectivity index (χ0v) is 18.6. The SMILES string of the molecule is O=S(=O)(c1cccc2nsnc12)N1CCN(Cc2nc(-c3cccc(Cl)c3)no2)CC1. The lowest BCUT2D eigenvalue weighted by molar-refractivity contribution is 0.163. The quantitative estimate of drug-likeness (QED) is 0.433. The zero-order valence-electron chi connectivity index (χ0n) is 16.2. The van der Waals surface area contributed by atoms with Crippen LogP contribution in [0.1, 0.15) is 5.89 Å². The molecular weight excluding hydrogens is 460 g/mol. The monoisotopic (exact) mass is 476 g/mol. The zero-order chi connectivity index (χ0) is 21.4. The number of sulfonamides is 1. The maximum absolute atomic E-state index is 13.1. The minimum absolute atomic E-state index is 0.204. The van der Waals surface area contributed by atoms with Crippen LogP contribution in [0.15, 0.2) is 51.9 Å². The molecule has 160 valence electrons. The maximum atomic E-state index is 13.1. The highest BCUT2D eigenvalue weighted by molar-refractivity contribution is 7.89. The summed E-state index contributed by atoms with van der Waals surface area (Å²) in [6, 6.07) is 12.3. The lowest BCUT2D eigenvalue weighted by atomic mass is 10.2. The van der Waals surface area contributed by atoms with Crippen molar-refractivity contribution in [3.05, 3.63) is 53.4 Å². The van der Waals surface area contributed by atoms with E-state index in [1.807, 2.05) is 12.1 Å². The van der Waals surface area contributed by atoms with E-state index in [9.17, 15) is 8.42 Å². The van der Waals surface area contributed by atoms with Gasteiger partial charge < -0.3 is 4.52 Å². The summed E-state index contributed by atoms with van der Waals surface area (Å²) in [6.07, 6.45) is 0. The van der Waals surface area contributed by atoms with Crippen LogP contribution >= 0.6 is 23.3 Å². The molecule has 0 N–H and O–H groups in total. The molecule has 0 bridgehead atoms. The summed E-state index contributed by atoms with van der Waals surface area (Å²) < 4.78 is 41.4. The molecule has 0 amide bonds. The number of fused-ring (bicyclic) bond motifs is 1. The van der Waals surface area contributed by atoms with Gasteiger partial charge in [0.2, 0.25) is 21.7 Å². The number of piperazine rings is 1. The Kier molecular flexibility index (Phi) is 5.44. The molecule has 2 aromatic carbocycles. The Morgan fingerprint density at radius 1 is 1.06 bits per heavy atom. The minimum Gasteiger partial charge on any atom is -0.338 e. The van der Waals surface area contributed by atoms with Crippen LogP contribution in [0.4, 0.5) is 0 Å². The highest BCUT2D eigenvalue weighted by atomic mass is 35.5. The maximum Gasteiger partial charge on any atom is 0.245 e. The second-order valence-corrected chi connectivity index (χ2v) is 9.96. The first-order chi connectivity index (χ1) is 15.0. The molecule has 31 heavy (non-hydrogen) atoms. The highest BCUT2D eigenvalue weighted by Gasteiger charge is 2.31. The first-order valence-electron chi connectivity index (χ1n) is 9.53. The fourth-order valence-electron chi connectivity index (χ4n) is 3.51. The summed E-state index contributed by atoms with van der Waals surface area (Å²) >= 11 is 7.03. The predicted octanol–water partition coefficient (Wildman–Crippen LogP) is 2.90. The Hall–Kier alpha value is -2.44. The smallest absolute Gasteiger partial charge is 0.245 e. The van der Waals surface area contributed by atoms with Gasteiger partial charge in [0.15, 0.2) is 0 Å². The summed E-state index contributed by atoms with van der Waals surface area (Å²) in [5.74, 6) is 0.952. The van der Waals surface area contributed by atoms with Crippen molar-refractivity contribution in [2.24, 2.45) is 0 Å². The predicted molar refractivity (Wildman–Crippen MR) is 116 cm³/mol. The van der Waals surface area contributed by atoms with Crippen LogP contribution < -0.4 is 0 Å². The van der Waals surface area contributed by atoms with E-state index >= 15 is 0 Å². The van der Waals surface area contributed by atoms with E-state index in [0.29, 0.717) is 60.5 Å². The number of benzene rings is 2. The summed E-state index contributed by atoms with van der Waals surface area (Å²) in [5.41, 5.74) is 1.80. The van der Waals surface area contributed by atoms with Gasteiger partial charge in [-0.05, 0) is 24.3 Å². The molecule has 1 saturated heterocycles. The fraction of sp³-hybridized carbons (Fsp3) is 0.263. The lowest BCUT2D eigenvalue weighted by Gasteiger charge is -2.33. The van der Waals surface area contributed by atoms with Gasteiger partial charge in [-0.25, -0.2) is 8.42 Å². The van der Waals surface area contributed by atoms with Crippen molar-refractivity contribution in [1.82, 2.24) is 28.1 Å². The molecule has 1 aliphatic rings. The van der Waals surface area contributed by atoms with E-state index in [2.05, 4.69) is 23.8 Å². The van der Waals surface area contributed by atoms with Crippen molar-refractivity contribution in [3.8, 4) is 11.4 Å². The standard InChI is InChI=1S/C19H17ClN6O3S2/c20-14-4-1-3-13(11-14)19-21-17(29-22-19)12-25-7-9-26(10-8-25)31(27,28)16-6-2-5-15-18(16)24-30-23-15/h1-6,11H,7-10,12H2. The van der Waals surface area contributed by atoms with Crippen LogP contribution in [0, 0.1) is 0 Å². The molecule has 0 aliphatic carbocycles. The Morgan fingerprint density at radius 2 is 1.87 bits per heavy atom. The van der Waals surface area contributed by atoms with Crippen LogP contribution in [0.2, 0.25) is 5.02 Å². The van der Waals surface area contributed by atoms with Crippen molar-refractivity contribution < 1.29 is 12.9 Å². The molecule has 0 spiro atoms. The molecule has 1 aliphatic heterocycles. The van der Waals surface area contributed by atoms with Crippen molar-refractivity contribution in [1.29, 1.82) is 0 Å². The van der Waals surface area contributed by atoms with E-state index in [1.54, 1.807) is 30.3 Å². The molecular formula is C19H17ClN6O3S2. The van der Waals surface area contributed by atoms with Crippen LogP contribution in [-0.4, -0.2) is 62.7 Å². The average molecular weight is 477 g/mol. The fourth-order valence-corrected chi connectivity index (χ4v) is 5.88. The highest BCUT2D eigenvalue weighted by Crippen LogP contribution is 2.25. The Labute approximate surface area is 187 Å². The van der Waals surface area contributed by atoms with Crippen LogP contribution in [0.25, 0.3) is 22.4 Å². The van der Waals surface area contributed by atoms with Gasteiger partial charge in [0.05, 0.1) is 18.3 Å². The molecule has 0 saturated carbocycles. The molecule has 4 aromatic rings. The molecule has 0 unspecified atom stereocenters. The average Bonchev–Trinajstić information content (AvgIpc) is 3.43. The number of rotatable bonds is 5. The Bertz CT molecular complexity index is 1330. The third kappa shape index (κ3) is 4.06. The Morgan fingerprint density at radius 3 is 2.68 bits per heavy atom. The van der Waals surface area contributed by atoms with Crippen molar-refractivity contribution in [3.63, 3.8) is 0 Å². The number of nitrogens with zero attached hydrogens (tertiary/aromatic N) is 6. The summed E-state index contributed by atoms with van der Waals surface area (Å²) in [7, 11) is -3.64. The Balaban J connectivity index is 1.25. The third-order valence-electron chi connectivity index (χ3n) is 5.11. The normalized spacial score (nSPS) is 16.2. The summed E-state index contributed by atoms with van der Waals surface area (Å²) in [4.78, 5) is 6.73. The van der Waals surface area contributed by atoms with Crippen molar-refractivity contribution in [2.45, 2.75) is 11.4 Å². The number of hydrogen-bond acceptors (Lipinski definition) is 9. The van der Waals surface area contributed by atoms with E-state index < -0.39 is 10.0 Å². The molecule has 0 radical (unpaired) electrons. The molecule has 5 rings (SSSR count). The second kappa shape index (κ2) is 8.24. The van der Waals surface area contributed by atoms with Crippen LogP contribution in [0.3, 0.4) is 0 Å². The summed E-state index contributed by atoms with van der Waals surface area (Å²) in [5, 5.41) is 4.62. The van der Waals surface area contributed by atoms with Crippen LogP contribution in [0.5, 0.6) is 0 Å². The minimum atomic E-state index is -3.64. The second-order valence-electron chi connectivity index (χ2n) is 7.09. The lowest BCUT2D eigenvalue weighted by Crippen LogP contribution is -2.48. The van der Waals surface area contributed by atoms with E-state index in [0.717, 1.165) is 17.3 Å². The van der Waals surface area contributed by atoms with Gasteiger partial charge in [0.25, 0.3) is 0 Å². The topological polar surface area (TPSA) is 105 Å². The number of hydrogen-bond donors (Lipinski definition) is 0. The molecule has 3 heterocycles. The van der Waals surface area contributed by atoms with Gasteiger partial charge in [-0.15, -0.1) is 0 Å². The first kappa shape index (κ1) is 20.5. The van der Waals surface area contributed by atoms with E-state index in [4.69, 9.17) is 16.1 Å².